The van der Waals surface area contributed by atoms with Crippen LogP contribution in [0.1, 0.15) is 32.0 Å². The molecule has 0 atom stereocenters. The van der Waals surface area contributed by atoms with Gasteiger partial charge in [0.05, 0.1) is 0 Å². The molecule has 2 heterocycles. The van der Waals surface area contributed by atoms with Gasteiger partial charge in [0.25, 0.3) is 0 Å². The molecule has 0 saturated carbocycles. The van der Waals surface area contributed by atoms with Crippen LogP contribution in [0, 0.1) is 5.82 Å². The topological polar surface area (TPSA) is 54.6 Å². The van der Waals surface area contributed by atoms with Crippen molar-refractivity contribution in [3.63, 3.8) is 0 Å². The van der Waals surface area contributed by atoms with Gasteiger partial charge >= 0.3 is 6.09 Å². The van der Waals surface area contributed by atoms with E-state index in [0.29, 0.717) is 24.6 Å². The van der Waals surface area contributed by atoms with E-state index in [-0.39, 0.29) is 11.9 Å². The fourth-order valence-corrected chi connectivity index (χ4v) is 3.61. The molecule has 1 aromatic heterocycles. The number of rotatable bonds is 2. The monoisotopic (exact) mass is 396 g/mol. The van der Waals surface area contributed by atoms with Gasteiger partial charge < -0.3 is 19.4 Å². The van der Waals surface area contributed by atoms with Crippen molar-refractivity contribution in [2.24, 2.45) is 0 Å². The van der Waals surface area contributed by atoms with Crippen LogP contribution in [-0.4, -0.2) is 34.7 Å². The average molecular weight is 396 g/mol. The minimum Gasteiger partial charge on any atom is -0.457 e. The number of nitrogens with one attached hydrogen (secondary N) is 1. The molecule has 1 aliphatic heterocycles. The molecule has 0 radical (unpaired) electrons. The summed E-state index contributed by atoms with van der Waals surface area (Å²) in [5.74, 6) is 0.990. The predicted octanol–water partition coefficient (Wildman–Crippen LogP) is 5.44. The maximum absolute atomic E-state index is 13.1. The van der Waals surface area contributed by atoms with Crippen LogP contribution >= 0.6 is 0 Å². The molecule has 3 aromatic rings. The second-order valence-corrected chi connectivity index (χ2v) is 8.31. The van der Waals surface area contributed by atoms with E-state index in [1.165, 1.54) is 17.7 Å². The number of hydrogen-bond donors (Lipinski definition) is 1. The molecular formula is C23H25FN2O3. The maximum Gasteiger partial charge on any atom is 0.410 e. The Labute approximate surface area is 169 Å². The van der Waals surface area contributed by atoms with E-state index in [1.807, 2.05) is 39.0 Å². The lowest BCUT2D eigenvalue weighted by Crippen LogP contribution is -2.38. The van der Waals surface area contributed by atoms with Gasteiger partial charge in [0, 0.05) is 42.2 Å². The number of carbonyl (C=O) groups is 1. The third kappa shape index (κ3) is 4.36. The van der Waals surface area contributed by atoms with Gasteiger partial charge in [0.1, 0.15) is 22.9 Å². The Morgan fingerprint density at radius 1 is 1.03 bits per heavy atom. The molecule has 0 unspecified atom stereocenters. The number of nitrogens with zero attached hydrogens (tertiary/aromatic N) is 1. The number of benzene rings is 2. The Hall–Kier alpha value is -3.02. The van der Waals surface area contributed by atoms with E-state index in [9.17, 15) is 9.18 Å². The number of carbonyl (C=O) groups excluding carboxylic acids is 1. The highest BCUT2D eigenvalue weighted by molar-refractivity contribution is 5.86. The molecule has 0 saturated heterocycles. The van der Waals surface area contributed by atoms with Crippen molar-refractivity contribution in [3.05, 3.63) is 59.5 Å². The van der Waals surface area contributed by atoms with Crippen LogP contribution in [0.2, 0.25) is 0 Å². The first-order chi connectivity index (χ1) is 13.8. The molecule has 5 nitrogen and oxygen atoms in total. The Morgan fingerprint density at radius 2 is 1.72 bits per heavy atom. The molecule has 1 N–H and O–H groups in total. The summed E-state index contributed by atoms with van der Waals surface area (Å²) in [6.07, 6.45) is 1.26. The number of H-pyrrole nitrogens is 1. The van der Waals surface area contributed by atoms with E-state index in [4.69, 9.17) is 9.47 Å². The molecule has 2 aromatic carbocycles. The molecule has 0 aliphatic carbocycles. The molecule has 0 spiro atoms. The first-order valence-electron chi connectivity index (χ1n) is 9.83. The van der Waals surface area contributed by atoms with Crippen LogP contribution in [0.5, 0.6) is 11.5 Å². The zero-order valence-corrected chi connectivity index (χ0v) is 16.9. The van der Waals surface area contributed by atoms with Gasteiger partial charge in [-0.3, -0.25) is 0 Å². The number of amides is 1. The first kappa shape index (κ1) is 19.3. The molecule has 1 amide bonds. The smallest absolute Gasteiger partial charge is 0.410 e. The maximum atomic E-state index is 13.1. The second-order valence-electron chi connectivity index (χ2n) is 8.31. The highest BCUT2D eigenvalue weighted by atomic mass is 19.1. The Bertz CT molecular complexity index is 1030. The summed E-state index contributed by atoms with van der Waals surface area (Å²) >= 11 is 0. The summed E-state index contributed by atoms with van der Waals surface area (Å²) < 4.78 is 24.4. The van der Waals surface area contributed by atoms with E-state index in [0.717, 1.165) is 29.4 Å². The zero-order valence-electron chi connectivity index (χ0n) is 16.9. The summed E-state index contributed by atoms with van der Waals surface area (Å²) in [5, 5.41) is 1.14. The van der Waals surface area contributed by atoms with Crippen molar-refractivity contribution < 1.29 is 18.7 Å². The van der Waals surface area contributed by atoms with E-state index in [1.54, 1.807) is 17.0 Å². The quantitative estimate of drug-likeness (QED) is 0.628. The highest BCUT2D eigenvalue weighted by Crippen LogP contribution is 2.31. The number of aromatic nitrogens is 1. The van der Waals surface area contributed by atoms with Crippen molar-refractivity contribution in [2.45, 2.75) is 39.2 Å². The summed E-state index contributed by atoms with van der Waals surface area (Å²) in [5.41, 5.74) is 2.88. The third-order valence-corrected chi connectivity index (χ3v) is 4.93. The van der Waals surface area contributed by atoms with Crippen molar-refractivity contribution in [1.82, 2.24) is 9.88 Å². The van der Waals surface area contributed by atoms with Crippen molar-refractivity contribution >= 4 is 17.0 Å². The SMILES string of the molecule is CC(C)(C)OC(=O)N1CCc2[nH]c3cc(Oc4ccc(F)cc4)ccc3c2CC1. The van der Waals surface area contributed by atoms with Gasteiger partial charge in [0.2, 0.25) is 0 Å². The molecule has 0 fully saturated rings. The van der Waals surface area contributed by atoms with E-state index < -0.39 is 5.60 Å². The van der Waals surface area contributed by atoms with Crippen LogP contribution in [0.25, 0.3) is 10.9 Å². The molecule has 29 heavy (non-hydrogen) atoms. The standard InChI is InChI=1S/C23H25FN2O3/c1-23(2,3)29-22(27)26-12-10-19-18-9-8-17(14-21(18)25-20(19)11-13-26)28-16-6-4-15(24)5-7-16/h4-9,14,25H,10-13H2,1-3H3. The van der Waals surface area contributed by atoms with Gasteiger partial charge in [-0.1, -0.05) is 0 Å². The Morgan fingerprint density at radius 3 is 2.45 bits per heavy atom. The number of aromatic amines is 1. The molecular weight excluding hydrogens is 371 g/mol. The largest absolute Gasteiger partial charge is 0.457 e. The summed E-state index contributed by atoms with van der Waals surface area (Å²) in [6.45, 7) is 6.88. The Balaban J connectivity index is 1.51. The minimum atomic E-state index is -0.495. The van der Waals surface area contributed by atoms with Crippen LogP contribution in [0.4, 0.5) is 9.18 Å². The lowest BCUT2D eigenvalue weighted by molar-refractivity contribution is 0.0258. The number of fused-ring (bicyclic) bond motifs is 3. The van der Waals surface area contributed by atoms with Crippen molar-refractivity contribution in [3.8, 4) is 11.5 Å². The molecule has 6 heteroatoms. The molecule has 152 valence electrons. The lowest BCUT2D eigenvalue weighted by Gasteiger charge is -2.26. The van der Waals surface area contributed by atoms with Gasteiger partial charge in [-0.05, 0) is 69.2 Å². The number of hydrogen-bond acceptors (Lipinski definition) is 3. The highest BCUT2D eigenvalue weighted by Gasteiger charge is 2.25. The normalized spacial score (nSPS) is 14.4. The van der Waals surface area contributed by atoms with Crippen molar-refractivity contribution in [2.75, 3.05) is 13.1 Å². The van der Waals surface area contributed by atoms with Crippen LogP contribution in [-0.2, 0) is 17.6 Å². The summed E-state index contributed by atoms with van der Waals surface area (Å²) in [4.78, 5) is 17.7. The van der Waals surface area contributed by atoms with Crippen molar-refractivity contribution in [1.29, 1.82) is 0 Å². The number of halogens is 1. The van der Waals surface area contributed by atoms with Gasteiger partial charge in [0.15, 0.2) is 0 Å². The van der Waals surface area contributed by atoms with Crippen LogP contribution in [0.3, 0.4) is 0 Å². The molecule has 0 bridgehead atoms. The molecule has 4 rings (SSSR count). The minimum absolute atomic E-state index is 0.262. The lowest BCUT2D eigenvalue weighted by atomic mass is 10.1. The van der Waals surface area contributed by atoms with Crippen LogP contribution in [0.15, 0.2) is 42.5 Å². The average Bonchev–Trinajstić information content (AvgIpc) is 2.85. The van der Waals surface area contributed by atoms with Gasteiger partial charge in [-0.2, -0.15) is 0 Å². The van der Waals surface area contributed by atoms with Gasteiger partial charge in [-0.15, -0.1) is 0 Å². The first-order valence-corrected chi connectivity index (χ1v) is 9.83. The van der Waals surface area contributed by atoms with E-state index >= 15 is 0 Å². The third-order valence-electron chi connectivity index (χ3n) is 4.93. The summed E-state index contributed by atoms with van der Waals surface area (Å²) in [7, 11) is 0. The Kier molecular flexibility index (Phi) is 4.94. The fraction of sp³-hybridized carbons (Fsp3) is 0.348. The summed E-state index contributed by atoms with van der Waals surface area (Å²) in [6, 6.07) is 11.9. The zero-order chi connectivity index (χ0) is 20.6. The van der Waals surface area contributed by atoms with Gasteiger partial charge in [-0.25, -0.2) is 9.18 Å². The second kappa shape index (κ2) is 7.43. The molecule has 1 aliphatic rings. The van der Waals surface area contributed by atoms with Crippen LogP contribution < -0.4 is 4.74 Å². The number of ether oxygens (including phenoxy) is 2. The predicted molar refractivity (Wildman–Crippen MR) is 110 cm³/mol. The fourth-order valence-electron chi connectivity index (χ4n) is 3.61. The van der Waals surface area contributed by atoms with E-state index in [2.05, 4.69) is 4.98 Å².